The summed E-state index contributed by atoms with van der Waals surface area (Å²) in [6.07, 6.45) is 0. The van der Waals surface area contributed by atoms with Crippen LogP contribution in [0.4, 0.5) is 0 Å². The van der Waals surface area contributed by atoms with E-state index in [9.17, 15) is 0 Å². The highest BCUT2D eigenvalue weighted by molar-refractivity contribution is 5.63. The molecule has 0 aliphatic carbocycles. The number of methoxy groups -OCH3 is 2. The fourth-order valence-electron chi connectivity index (χ4n) is 3.33. The standard InChI is InChI=1S/C23H28N2O3/c1-15-16(2)22(27-6)11-10-20(15)23-24-21(17(3)28-23)14-25(4)13-18-8-7-9-19(12-18)26-5/h7-12H,13-14H2,1-6H3. The molecule has 0 N–H and O–H groups in total. The van der Waals surface area contributed by atoms with Crippen molar-refractivity contribution in [3.8, 4) is 23.0 Å². The van der Waals surface area contributed by atoms with Gasteiger partial charge in [0.05, 0.1) is 19.9 Å². The van der Waals surface area contributed by atoms with Crippen LogP contribution in [0.5, 0.6) is 11.5 Å². The van der Waals surface area contributed by atoms with Gasteiger partial charge in [-0.05, 0) is 68.8 Å². The summed E-state index contributed by atoms with van der Waals surface area (Å²) in [7, 11) is 5.45. The Bertz CT molecular complexity index is 962. The van der Waals surface area contributed by atoms with E-state index in [0.29, 0.717) is 12.4 Å². The number of ether oxygens (including phenoxy) is 2. The van der Waals surface area contributed by atoms with Gasteiger partial charge >= 0.3 is 0 Å². The van der Waals surface area contributed by atoms with Crippen molar-refractivity contribution in [2.45, 2.75) is 33.9 Å². The Balaban J connectivity index is 1.78. The summed E-state index contributed by atoms with van der Waals surface area (Å²) in [6, 6.07) is 12.1. The van der Waals surface area contributed by atoms with Gasteiger partial charge in [-0.2, -0.15) is 0 Å². The molecule has 0 bridgehead atoms. The molecular weight excluding hydrogens is 352 g/mol. The largest absolute Gasteiger partial charge is 0.497 e. The zero-order valence-corrected chi connectivity index (χ0v) is 17.5. The fraction of sp³-hybridized carbons (Fsp3) is 0.348. The van der Waals surface area contributed by atoms with Crippen molar-refractivity contribution in [1.29, 1.82) is 0 Å². The quantitative estimate of drug-likeness (QED) is 0.582. The first-order valence-corrected chi connectivity index (χ1v) is 9.35. The monoisotopic (exact) mass is 380 g/mol. The van der Waals surface area contributed by atoms with E-state index in [0.717, 1.165) is 46.2 Å². The van der Waals surface area contributed by atoms with Crippen LogP contribution >= 0.6 is 0 Å². The SMILES string of the molecule is COc1cccc(CN(C)Cc2nc(-c3ccc(OC)c(C)c3C)oc2C)c1. The van der Waals surface area contributed by atoms with E-state index in [2.05, 4.69) is 37.9 Å². The van der Waals surface area contributed by atoms with Crippen LogP contribution in [0.25, 0.3) is 11.5 Å². The normalized spacial score (nSPS) is 11.1. The zero-order valence-electron chi connectivity index (χ0n) is 17.5. The van der Waals surface area contributed by atoms with Crippen molar-refractivity contribution >= 4 is 0 Å². The number of hydrogen-bond acceptors (Lipinski definition) is 5. The molecule has 0 atom stereocenters. The molecular formula is C23H28N2O3. The van der Waals surface area contributed by atoms with Crippen molar-refractivity contribution in [2.24, 2.45) is 0 Å². The Morgan fingerprint density at radius 3 is 2.46 bits per heavy atom. The van der Waals surface area contributed by atoms with Crippen LogP contribution in [0.1, 0.15) is 28.1 Å². The van der Waals surface area contributed by atoms with E-state index in [1.807, 2.05) is 31.2 Å². The topological polar surface area (TPSA) is 47.7 Å². The van der Waals surface area contributed by atoms with Crippen LogP contribution in [0.3, 0.4) is 0 Å². The number of benzene rings is 2. The second-order valence-electron chi connectivity index (χ2n) is 7.11. The number of oxazole rings is 1. The summed E-state index contributed by atoms with van der Waals surface area (Å²) < 4.78 is 16.7. The van der Waals surface area contributed by atoms with E-state index in [4.69, 9.17) is 18.9 Å². The summed E-state index contributed by atoms with van der Waals surface area (Å²) in [5, 5.41) is 0. The van der Waals surface area contributed by atoms with Crippen molar-refractivity contribution in [1.82, 2.24) is 9.88 Å². The molecule has 2 aromatic carbocycles. The molecule has 28 heavy (non-hydrogen) atoms. The third-order valence-corrected chi connectivity index (χ3v) is 5.09. The van der Waals surface area contributed by atoms with Gasteiger partial charge in [0.15, 0.2) is 0 Å². The van der Waals surface area contributed by atoms with Gasteiger partial charge < -0.3 is 13.9 Å². The van der Waals surface area contributed by atoms with Gasteiger partial charge in [-0.15, -0.1) is 0 Å². The number of nitrogens with zero attached hydrogens (tertiary/aromatic N) is 2. The lowest BCUT2D eigenvalue weighted by molar-refractivity contribution is 0.312. The van der Waals surface area contributed by atoms with Crippen LogP contribution < -0.4 is 9.47 Å². The first-order chi connectivity index (χ1) is 13.4. The first-order valence-electron chi connectivity index (χ1n) is 9.35. The summed E-state index contributed by atoms with van der Waals surface area (Å²) in [5.74, 6) is 3.25. The third-order valence-electron chi connectivity index (χ3n) is 5.09. The van der Waals surface area contributed by atoms with E-state index < -0.39 is 0 Å². The number of rotatable bonds is 7. The zero-order chi connectivity index (χ0) is 20.3. The smallest absolute Gasteiger partial charge is 0.226 e. The average molecular weight is 380 g/mol. The van der Waals surface area contributed by atoms with Crippen molar-refractivity contribution in [3.05, 3.63) is 64.5 Å². The van der Waals surface area contributed by atoms with Gasteiger partial charge in [0, 0.05) is 18.7 Å². The molecule has 3 aromatic rings. The first kappa shape index (κ1) is 20.0. The minimum absolute atomic E-state index is 0.658. The molecule has 0 aliphatic rings. The lowest BCUT2D eigenvalue weighted by atomic mass is 10.0. The molecule has 0 aliphatic heterocycles. The maximum absolute atomic E-state index is 6.00. The molecule has 0 radical (unpaired) electrons. The van der Waals surface area contributed by atoms with Gasteiger partial charge in [0.2, 0.25) is 5.89 Å². The maximum Gasteiger partial charge on any atom is 0.226 e. The van der Waals surface area contributed by atoms with Crippen LogP contribution in [0, 0.1) is 20.8 Å². The van der Waals surface area contributed by atoms with Crippen LogP contribution in [0.15, 0.2) is 40.8 Å². The molecule has 0 spiro atoms. The van der Waals surface area contributed by atoms with Crippen LogP contribution in [-0.2, 0) is 13.1 Å². The van der Waals surface area contributed by atoms with Crippen LogP contribution in [-0.4, -0.2) is 31.2 Å². The Morgan fingerprint density at radius 2 is 1.75 bits per heavy atom. The Labute approximate surface area is 166 Å². The lowest BCUT2D eigenvalue weighted by Gasteiger charge is -2.16. The van der Waals surface area contributed by atoms with Gasteiger partial charge in [0.1, 0.15) is 17.3 Å². The van der Waals surface area contributed by atoms with E-state index in [1.165, 1.54) is 5.56 Å². The molecule has 0 saturated carbocycles. The highest BCUT2D eigenvalue weighted by atomic mass is 16.5. The van der Waals surface area contributed by atoms with E-state index in [1.54, 1.807) is 14.2 Å². The minimum Gasteiger partial charge on any atom is -0.497 e. The third kappa shape index (κ3) is 4.20. The predicted octanol–water partition coefficient (Wildman–Crippen LogP) is 4.92. The summed E-state index contributed by atoms with van der Waals surface area (Å²) in [5.41, 5.74) is 5.38. The Hall–Kier alpha value is -2.79. The highest BCUT2D eigenvalue weighted by Gasteiger charge is 2.17. The lowest BCUT2D eigenvalue weighted by Crippen LogP contribution is -2.18. The Morgan fingerprint density at radius 1 is 0.964 bits per heavy atom. The van der Waals surface area contributed by atoms with Gasteiger partial charge in [-0.3, -0.25) is 4.90 Å². The fourth-order valence-corrected chi connectivity index (χ4v) is 3.33. The van der Waals surface area contributed by atoms with E-state index in [-0.39, 0.29) is 0 Å². The maximum atomic E-state index is 6.00. The minimum atomic E-state index is 0.658. The number of aryl methyl sites for hydroxylation is 1. The summed E-state index contributed by atoms with van der Waals surface area (Å²) in [6.45, 7) is 7.61. The van der Waals surface area contributed by atoms with Gasteiger partial charge in [-0.1, -0.05) is 12.1 Å². The second kappa shape index (κ2) is 8.48. The molecule has 148 valence electrons. The molecule has 1 heterocycles. The second-order valence-corrected chi connectivity index (χ2v) is 7.11. The van der Waals surface area contributed by atoms with Crippen LogP contribution in [0.2, 0.25) is 0 Å². The number of hydrogen-bond donors (Lipinski definition) is 0. The van der Waals surface area contributed by atoms with E-state index >= 15 is 0 Å². The van der Waals surface area contributed by atoms with Gasteiger partial charge in [-0.25, -0.2) is 4.98 Å². The Kier molecular flexibility index (Phi) is 6.05. The average Bonchev–Trinajstić information content (AvgIpc) is 3.04. The molecule has 0 amide bonds. The molecule has 0 unspecified atom stereocenters. The summed E-state index contributed by atoms with van der Waals surface area (Å²) in [4.78, 5) is 7.00. The highest BCUT2D eigenvalue weighted by Crippen LogP contribution is 2.31. The van der Waals surface area contributed by atoms with Gasteiger partial charge in [0.25, 0.3) is 0 Å². The molecule has 1 aromatic heterocycles. The predicted molar refractivity (Wildman–Crippen MR) is 111 cm³/mol. The summed E-state index contributed by atoms with van der Waals surface area (Å²) >= 11 is 0. The van der Waals surface area contributed by atoms with Crippen molar-refractivity contribution in [3.63, 3.8) is 0 Å². The van der Waals surface area contributed by atoms with Crippen molar-refractivity contribution < 1.29 is 13.9 Å². The molecule has 5 heteroatoms. The molecule has 3 rings (SSSR count). The molecule has 0 saturated heterocycles. The molecule has 5 nitrogen and oxygen atoms in total. The molecule has 0 fully saturated rings. The van der Waals surface area contributed by atoms with Crippen molar-refractivity contribution in [2.75, 3.05) is 21.3 Å². The number of aromatic nitrogens is 1.